The molecule has 0 rings (SSSR count). The van der Waals surface area contributed by atoms with E-state index in [1.54, 1.807) is 0 Å². The molecular formula is C12H25. The second kappa shape index (κ2) is 9.09. The zero-order valence-electron chi connectivity index (χ0n) is 8.94. The van der Waals surface area contributed by atoms with Crippen LogP contribution in [0.5, 0.6) is 0 Å². The highest BCUT2D eigenvalue weighted by Crippen LogP contribution is 2.11. The van der Waals surface area contributed by atoms with Gasteiger partial charge in [-0.3, -0.25) is 0 Å². The van der Waals surface area contributed by atoms with Gasteiger partial charge in [0.05, 0.1) is 0 Å². The molecule has 0 spiro atoms. The Kier molecular flexibility index (Phi) is 9.09. The first-order valence-electron chi connectivity index (χ1n) is 5.60. The molecule has 0 saturated carbocycles. The van der Waals surface area contributed by atoms with Crippen molar-refractivity contribution in [3.63, 3.8) is 0 Å². The predicted molar refractivity (Wildman–Crippen MR) is 57.1 cm³/mol. The van der Waals surface area contributed by atoms with Gasteiger partial charge in [0, 0.05) is 0 Å². The molecule has 0 amide bonds. The quantitative estimate of drug-likeness (QED) is 0.466. The Bertz CT molecular complexity index is 74.1. The van der Waals surface area contributed by atoms with E-state index in [2.05, 4.69) is 20.8 Å². The van der Waals surface area contributed by atoms with E-state index >= 15 is 0 Å². The zero-order chi connectivity index (χ0) is 9.23. The molecule has 0 bridgehead atoms. The van der Waals surface area contributed by atoms with Crippen molar-refractivity contribution in [1.82, 2.24) is 0 Å². The molecule has 0 aliphatic heterocycles. The van der Waals surface area contributed by atoms with Gasteiger partial charge in [-0.1, -0.05) is 72.1 Å². The zero-order valence-corrected chi connectivity index (χ0v) is 8.94. The molecule has 1 atom stereocenters. The summed E-state index contributed by atoms with van der Waals surface area (Å²) in [5, 5.41) is 0. The summed E-state index contributed by atoms with van der Waals surface area (Å²) in [6.45, 7) is 8.46. The van der Waals surface area contributed by atoms with Crippen LogP contribution < -0.4 is 0 Å². The van der Waals surface area contributed by atoms with Gasteiger partial charge in [0.25, 0.3) is 0 Å². The summed E-state index contributed by atoms with van der Waals surface area (Å²) in [6, 6.07) is 0. The third-order valence-corrected chi connectivity index (χ3v) is 2.30. The first-order valence-corrected chi connectivity index (χ1v) is 5.60. The summed E-state index contributed by atoms with van der Waals surface area (Å²) in [5.74, 6) is 0.653. The van der Waals surface area contributed by atoms with Gasteiger partial charge in [-0.15, -0.1) is 0 Å². The number of hydrogen-bond donors (Lipinski definition) is 0. The molecule has 0 aliphatic rings. The highest BCUT2D eigenvalue weighted by Gasteiger charge is 1.94. The maximum atomic E-state index is 3.99. The first kappa shape index (κ1) is 12.0. The van der Waals surface area contributed by atoms with Gasteiger partial charge in [-0.25, -0.2) is 0 Å². The number of hydrogen-bond acceptors (Lipinski definition) is 0. The lowest BCUT2D eigenvalue weighted by atomic mass is 10.0. The van der Waals surface area contributed by atoms with E-state index in [9.17, 15) is 0 Å². The molecule has 0 aromatic heterocycles. The van der Waals surface area contributed by atoms with E-state index < -0.39 is 0 Å². The Balaban J connectivity index is 2.82. The van der Waals surface area contributed by atoms with E-state index in [0.717, 1.165) is 0 Å². The van der Waals surface area contributed by atoms with Crippen LogP contribution in [0.2, 0.25) is 0 Å². The SMILES string of the molecule is [CH2]C(C)CCCCCCCCC. The van der Waals surface area contributed by atoms with Crippen LogP contribution >= 0.6 is 0 Å². The molecule has 0 heterocycles. The fourth-order valence-corrected chi connectivity index (χ4v) is 1.45. The smallest absolute Gasteiger partial charge is 0.0443 e. The third kappa shape index (κ3) is 10.0. The minimum Gasteiger partial charge on any atom is -0.0654 e. The minimum absolute atomic E-state index is 0.653. The van der Waals surface area contributed by atoms with Gasteiger partial charge in [-0.2, -0.15) is 0 Å². The molecule has 1 unspecified atom stereocenters. The topological polar surface area (TPSA) is 0 Å². The van der Waals surface area contributed by atoms with E-state index in [0.29, 0.717) is 5.92 Å². The van der Waals surface area contributed by atoms with Gasteiger partial charge in [-0.05, 0) is 5.92 Å². The fourth-order valence-electron chi connectivity index (χ4n) is 1.45. The van der Waals surface area contributed by atoms with Crippen molar-refractivity contribution in [2.24, 2.45) is 5.92 Å². The van der Waals surface area contributed by atoms with Crippen LogP contribution in [-0.2, 0) is 0 Å². The lowest BCUT2D eigenvalue weighted by molar-refractivity contribution is 0.536. The molecule has 0 aromatic carbocycles. The Hall–Kier alpha value is 0. The first-order chi connectivity index (χ1) is 5.77. The minimum atomic E-state index is 0.653. The lowest BCUT2D eigenvalue weighted by Gasteiger charge is -2.03. The molecule has 73 valence electrons. The van der Waals surface area contributed by atoms with Crippen molar-refractivity contribution in [2.45, 2.75) is 65.2 Å². The molecule has 0 heteroatoms. The van der Waals surface area contributed by atoms with Crippen molar-refractivity contribution in [3.8, 4) is 0 Å². The molecule has 0 aromatic rings. The standard InChI is InChI=1S/C12H25/c1-4-5-6-7-8-9-10-11-12(2)3/h12H,2,4-11H2,1,3H3. The molecule has 0 aliphatic carbocycles. The largest absolute Gasteiger partial charge is 0.0654 e. The van der Waals surface area contributed by atoms with E-state index in [1.165, 1.54) is 51.4 Å². The molecule has 12 heavy (non-hydrogen) atoms. The van der Waals surface area contributed by atoms with Gasteiger partial charge in [0.1, 0.15) is 0 Å². The Morgan fingerprint density at radius 1 is 0.917 bits per heavy atom. The van der Waals surface area contributed by atoms with Crippen LogP contribution in [0.25, 0.3) is 0 Å². The summed E-state index contributed by atoms with van der Waals surface area (Å²) in [4.78, 5) is 0. The van der Waals surface area contributed by atoms with E-state index in [-0.39, 0.29) is 0 Å². The highest BCUT2D eigenvalue weighted by atomic mass is 14.0. The summed E-state index contributed by atoms with van der Waals surface area (Å²) in [6.07, 6.45) is 11.2. The average molecular weight is 169 g/mol. The van der Waals surface area contributed by atoms with Crippen LogP contribution in [0.3, 0.4) is 0 Å². The van der Waals surface area contributed by atoms with E-state index in [4.69, 9.17) is 0 Å². The number of unbranched alkanes of at least 4 members (excludes halogenated alkanes) is 6. The van der Waals surface area contributed by atoms with Crippen molar-refractivity contribution in [3.05, 3.63) is 6.92 Å². The maximum absolute atomic E-state index is 3.99. The summed E-state index contributed by atoms with van der Waals surface area (Å²) >= 11 is 0. The van der Waals surface area contributed by atoms with Gasteiger partial charge >= 0.3 is 0 Å². The third-order valence-electron chi connectivity index (χ3n) is 2.30. The van der Waals surface area contributed by atoms with Crippen LogP contribution in [0.15, 0.2) is 0 Å². The Labute approximate surface area is 78.8 Å². The van der Waals surface area contributed by atoms with Crippen LogP contribution in [0, 0.1) is 12.8 Å². The van der Waals surface area contributed by atoms with Gasteiger partial charge in [0.15, 0.2) is 0 Å². The predicted octanol–water partition coefficient (Wildman–Crippen LogP) is 4.60. The van der Waals surface area contributed by atoms with Crippen molar-refractivity contribution in [2.75, 3.05) is 0 Å². The molecule has 0 nitrogen and oxygen atoms in total. The highest BCUT2D eigenvalue weighted by molar-refractivity contribution is 4.54. The van der Waals surface area contributed by atoms with E-state index in [1.807, 2.05) is 0 Å². The average Bonchev–Trinajstić information content (AvgIpc) is 2.02. The maximum Gasteiger partial charge on any atom is -0.0443 e. The molecule has 0 fully saturated rings. The molecule has 0 saturated heterocycles. The molecular weight excluding hydrogens is 144 g/mol. The van der Waals surface area contributed by atoms with Crippen molar-refractivity contribution < 1.29 is 0 Å². The van der Waals surface area contributed by atoms with Crippen LogP contribution in [0.4, 0.5) is 0 Å². The van der Waals surface area contributed by atoms with Crippen LogP contribution in [0.1, 0.15) is 65.2 Å². The summed E-state index contributed by atoms with van der Waals surface area (Å²) in [5.41, 5.74) is 0. The monoisotopic (exact) mass is 169 g/mol. The van der Waals surface area contributed by atoms with Gasteiger partial charge < -0.3 is 0 Å². The normalized spacial score (nSPS) is 11.0. The molecule has 0 N–H and O–H groups in total. The van der Waals surface area contributed by atoms with Crippen molar-refractivity contribution in [1.29, 1.82) is 0 Å². The lowest BCUT2D eigenvalue weighted by Crippen LogP contribution is -1.87. The van der Waals surface area contributed by atoms with Gasteiger partial charge in [0.2, 0.25) is 0 Å². The van der Waals surface area contributed by atoms with Crippen LogP contribution in [-0.4, -0.2) is 0 Å². The van der Waals surface area contributed by atoms with Crippen molar-refractivity contribution >= 4 is 0 Å². The second-order valence-corrected chi connectivity index (χ2v) is 4.02. The molecule has 1 radical (unpaired) electrons. The summed E-state index contributed by atoms with van der Waals surface area (Å²) < 4.78 is 0. The Morgan fingerprint density at radius 2 is 1.42 bits per heavy atom. The second-order valence-electron chi connectivity index (χ2n) is 4.02. The summed E-state index contributed by atoms with van der Waals surface area (Å²) in [7, 11) is 0. The number of rotatable bonds is 8. The fraction of sp³-hybridized carbons (Fsp3) is 0.917. The Morgan fingerprint density at radius 3 is 1.92 bits per heavy atom.